The van der Waals surface area contributed by atoms with Gasteiger partial charge in [0, 0.05) is 28.9 Å². The van der Waals surface area contributed by atoms with Crippen LogP contribution in [-0.4, -0.2) is 60.2 Å². The summed E-state index contributed by atoms with van der Waals surface area (Å²) < 4.78 is 54.2. The first-order valence-corrected chi connectivity index (χ1v) is 17.0. The number of benzene rings is 3. The number of ether oxygens (including phenoxy) is 2. The van der Waals surface area contributed by atoms with Crippen LogP contribution < -0.4 is 9.64 Å². The molecule has 0 unspecified atom stereocenters. The van der Waals surface area contributed by atoms with Gasteiger partial charge in [-0.25, -0.2) is 12.8 Å². The molecular formula is C35H32FN3O9S. The van der Waals surface area contributed by atoms with Crippen molar-refractivity contribution in [3.05, 3.63) is 107 Å². The van der Waals surface area contributed by atoms with Gasteiger partial charge in [0.25, 0.3) is 9.84 Å². The zero-order chi connectivity index (χ0) is 34.5. The molecule has 1 fully saturated rings. The molecule has 6 rings (SSSR count). The number of hydrogen-bond donors (Lipinski definition) is 2. The first kappa shape index (κ1) is 33.7. The van der Waals surface area contributed by atoms with Gasteiger partial charge in [-0.2, -0.15) is 0 Å². The highest BCUT2D eigenvalue weighted by molar-refractivity contribution is 7.91. The van der Waals surface area contributed by atoms with Crippen LogP contribution in [0.25, 0.3) is 28.1 Å². The van der Waals surface area contributed by atoms with Crippen LogP contribution in [0.2, 0.25) is 0 Å². The van der Waals surface area contributed by atoms with Crippen molar-refractivity contribution in [2.75, 3.05) is 13.2 Å². The van der Waals surface area contributed by atoms with Gasteiger partial charge in [-0.1, -0.05) is 60.7 Å². The summed E-state index contributed by atoms with van der Waals surface area (Å²) in [6.07, 6.45) is 2.28. The standard InChI is InChI=1S/C35H32FN3O9S/c36-24-14-12-22(13-15-24)32-28-8-4-5-9-30(28)37-33(23-10-11-23)29(32)17-16-25(40)20-26(41)21-31(42)46-18-19-47-34-35(39(43)48-38-34)49(44,45)27-6-2-1-3-7-27/h1-9,12-17,23,25-26,40-41H,10-11,18-21H2/b17-16+/t25-,26-/m1/s1. The lowest BCUT2D eigenvalue weighted by Gasteiger charge is -2.16. The van der Waals surface area contributed by atoms with Crippen molar-refractivity contribution in [2.45, 2.75) is 53.7 Å². The number of nitrogens with zero attached hydrogens (tertiary/aromatic N) is 3. The predicted octanol–water partition coefficient (Wildman–Crippen LogP) is 4.51. The molecule has 0 saturated heterocycles. The van der Waals surface area contributed by atoms with E-state index < -0.39 is 45.3 Å². The van der Waals surface area contributed by atoms with E-state index >= 15 is 0 Å². The van der Waals surface area contributed by atoms with Gasteiger partial charge in [0.05, 0.1) is 39.9 Å². The number of aliphatic hydroxyl groups excluding tert-OH is 2. The molecule has 2 atom stereocenters. The highest BCUT2D eigenvalue weighted by Crippen LogP contribution is 2.45. The molecule has 14 heteroatoms. The molecule has 5 aromatic rings. The van der Waals surface area contributed by atoms with Crippen LogP contribution in [0.5, 0.6) is 5.88 Å². The maximum Gasteiger partial charge on any atom is 0.415 e. The van der Waals surface area contributed by atoms with Gasteiger partial charge in [0.2, 0.25) is 0 Å². The first-order chi connectivity index (χ1) is 23.6. The summed E-state index contributed by atoms with van der Waals surface area (Å²) in [5, 5.41) is 36.7. The number of pyridine rings is 1. The third kappa shape index (κ3) is 7.77. The van der Waals surface area contributed by atoms with Crippen LogP contribution in [0.4, 0.5) is 4.39 Å². The molecule has 12 nitrogen and oxygen atoms in total. The topological polar surface area (TPSA) is 176 Å². The van der Waals surface area contributed by atoms with E-state index in [2.05, 4.69) is 9.79 Å². The minimum atomic E-state index is -4.31. The highest BCUT2D eigenvalue weighted by atomic mass is 32.2. The summed E-state index contributed by atoms with van der Waals surface area (Å²) in [5.74, 6) is -1.49. The van der Waals surface area contributed by atoms with Gasteiger partial charge in [-0.15, -0.1) is 0 Å². The molecule has 1 saturated carbocycles. The van der Waals surface area contributed by atoms with Crippen LogP contribution in [0.15, 0.2) is 99.5 Å². The molecule has 2 aromatic heterocycles. The number of carbonyl (C=O) groups is 1. The maximum atomic E-state index is 13.8. The van der Waals surface area contributed by atoms with Crippen molar-refractivity contribution in [3.63, 3.8) is 0 Å². The highest BCUT2D eigenvalue weighted by Gasteiger charge is 2.36. The lowest BCUT2D eigenvalue weighted by Crippen LogP contribution is -2.31. The van der Waals surface area contributed by atoms with Gasteiger partial charge >= 0.3 is 16.9 Å². The zero-order valence-corrected chi connectivity index (χ0v) is 26.8. The summed E-state index contributed by atoms with van der Waals surface area (Å²) in [6, 6.07) is 21.1. The van der Waals surface area contributed by atoms with Crippen LogP contribution in [0.1, 0.15) is 42.9 Å². The Morgan fingerprint density at radius 1 is 1.04 bits per heavy atom. The Bertz CT molecular complexity index is 2080. The lowest BCUT2D eigenvalue weighted by molar-refractivity contribution is -0.832. The van der Waals surface area contributed by atoms with E-state index in [9.17, 15) is 33.0 Å². The molecule has 3 aromatic carbocycles. The third-order valence-electron chi connectivity index (χ3n) is 7.90. The molecule has 0 aliphatic heterocycles. The number of halogens is 1. The van der Waals surface area contributed by atoms with Crippen molar-refractivity contribution < 1.29 is 46.8 Å². The van der Waals surface area contributed by atoms with Gasteiger partial charge in [0.1, 0.15) is 19.0 Å². The van der Waals surface area contributed by atoms with E-state index in [1.54, 1.807) is 24.3 Å². The molecule has 2 heterocycles. The Morgan fingerprint density at radius 2 is 1.76 bits per heavy atom. The SMILES string of the molecule is O=C(C[C@H](O)C[C@H](O)/C=C/c1c(C2CC2)nc2ccccc2c1-c1ccc(F)cc1)OCCOc1no[n+]([O-])c1S(=O)(=O)c1ccccc1. The van der Waals surface area contributed by atoms with E-state index in [0.717, 1.165) is 46.1 Å². The number of fused-ring (bicyclic) bond motifs is 1. The number of carbonyl (C=O) groups excluding carboxylic acids is 1. The molecule has 49 heavy (non-hydrogen) atoms. The largest absolute Gasteiger partial charge is 0.462 e. The maximum absolute atomic E-state index is 13.8. The van der Waals surface area contributed by atoms with E-state index in [4.69, 9.17) is 14.5 Å². The van der Waals surface area contributed by atoms with E-state index in [1.807, 2.05) is 24.3 Å². The summed E-state index contributed by atoms with van der Waals surface area (Å²) in [7, 11) is -4.31. The molecule has 0 bridgehead atoms. The Hall–Kier alpha value is -5.18. The van der Waals surface area contributed by atoms with E-state index in [0.29, 0.717) is 0 Å². The first-order valence-electron chi connectivity index (χ1n) is 15.5. The second kappa shape index (κ2) is 14.5. The number of rotatable bonds is 14. The number of para-hydroxylation sites is 1. The smallest absolute Gasteiger partial charge is 0.415 e. The summed E-state index contributed by atoms with van der Waals surface area (Å²) >= 11 is 0. The minimum Gasteiger partial charge on any atom is -0.462 e. The van der Waals surface area contributed by atoms with Crippen molar-refractivity contribution in [2.24, 2.45) is 0 Å². The fourth-order valence-corrected chi connectivity index (χ4v) is 6.74. The Kier molecular flexibility index (Phi) is 9.99. The van der Waals surface area contributed by atoms with E-state index in [-0.39, 0.29) is 41.2 Å². The van der Waals surface area contributed by atoms with Crippen LogP contribution in [0.3, 0.4) is 0 Å². The molecule has 254 valence electrons. The molecule has 0 radical (unpaired) electrons. The lowest BCUT2D eigenvalue weighted by atomic mass is 9.92. The van der Waals surface area contributed by atoms with Gasteiger partial charge in [-0.05, 0) is 53.6 Å². The second-order valence-corrected chi connectivity index (χ2v) is 13.4. The molecular weight excluding hydrogens is 657 g/mol. The molecule has 2 N–H and O–H groups in total. The predicted molar refractivity (Wildman–Crippen MR) is 173 cm³/mol. The van der Waals surface area contributed by atoms with Crippen molar-refractivity contribution in [1.29, 1.82) is 0 Å². The quantitative estimate of drug-likeness (QED) is 0.0953. The number of hydrogen-bond acceptors (Lipinski definition) is 11. The Labute approximate surface area is 280 Å². The molecule has 0 amide bonds. The Morgan fingerprint density at radius 3 is 2.49 bits per heavy atom. The normalized spacial score (nSPS) is 14.6. The van der Waals surface area contributed by atoms with Crippen LogP contribution in [-0.2, 0) is 19.4 Å². The van der Waals surface area contributed by atoms with Crippen LogP contribution >= 0.6 is 0 Å². The Balaban J connectivity index is 1.06. The van der Waals surface area contributed by atoms with Crippen molar-refractivity contribution in [1.82, 2.24) is 10.1 Å². The molecule has 0 spiro atoms. The number of esters is 1. The summed E-state index contributed by atoms with van der Waals surface area (Å²) in [6.45, 7) is -0.716. The number of aliphatic hydroxyl groups is 2. The number of sulfone groups is 1. The second-order valence-electron chi connectivity index (χ2n) is 11.5. The monoisotopic (exact) mass is 689 g/mol. The van der Waals surface area contributed by atoms with Gasteiger partial charge in [0.15, 0.2) is 0 Å². The van der Waals surface area contributed by atoms with Crippen molar-refractivity contribution in [3.8, 4) is 17.0 Å². The fourth-order valence-electron chi connectivity index (χ4n) is 5.44. The van der Waals surface area contributed by atoms with Gasteiger partial charge in [-0.3, -0.25) is 14.4 Å². The van der Waals surface area contributed by atoms with Crippen molar-refractivity contribution >= 4 is 32.8 Å². The minimum absolute atomic E-state index is 0.170. The molecule has 1 aliphatic carbocycles. The summed E-state index contributed by atoms with van der Waals surface area (Å²) in [5.41, 5.74) is 4.16. The van der Waals surface area contributed by atoms with Gasteiger partial charge < -0.3 is 24.9 Å². The third-order valence-corrected chi connectivity index (χ3v) is 9.62. The van der Waals surface area contributed by atoms with E-state index in [1.165, 1.54) is 42.5 Å². The fraction of sp³-hybridized carbons (Fsp3) is 0.257. The zero-order valence-electron chi connectivity index (χ0n) is 26.0. The average Bonchev–Trinajstić information content (AvgIpc) is 3.87. The average molecular weight is 690 g/mol. The van der Waals surface area contributed by atoms with Crippen LogP contribution in [0, 0.1) is 11.0 Å². The number of aromatic nitrogens is 3. The molecule has 1 aliphatic rings. The summed E-state index contributed by atoms with van der Waals surface area (Å²) in [4.78, 5) is 16.8.